The molecule has 1 N–H and O–H groups in total. The highest BCUT2D eigenvalue weighted by atomic mass is 127. The molecule has 0 aliphatic heterocycles. The highest BCUT2D eigenvalue weighted by molar-refractivity contribution is 14.1. The molecule has 20 heavy (non-hydrogen) atoms. The number of rotatable bonds is 6. The predicted octanol–water partition coefficient (Wildman–Crippen LogP) is 3.45. The second kappa shape index (κ2) is 7.14. The van der Waals surface area contributed by atoms with Crippen LogP contribution in [0.3, 0.4) is 0 Å². The van der Waals surface area contributed by atoms with Gasteiger partial charge in [0.2, 0.25) is 0 Å². The van der Waals surface area contributed by atoms with Crippen LogP contribution in [0.15, 0.2) is 48.5 Å². The van der Waals surface area contributed by atoms with Crippen LogP contribution in [0, 0.1) is 3.57 Å². The average molecular weight is 384 g/mol. The zero-order valence-electron chi connectivity index (χ0n) is 10.6. The summed E-state index contributed by atoms with van der Waals surface area (Å²) in [6.07, 6.45) is 0. The van der Waals surface area contributed by atoms with Gasteiger partial charge in [-0.05, 0) is 59.0 Å². The van der Waals surface area contributed by atoms with E-state index in [1.807, 2.05) is 24.3 Å². The second-order valence-corrected chi connectivity index (χ2v) is 5.20. The largest absolute Gasteiger partial charge is 0.490 e. The lowest BCUT2D eigenvalue weighted by atomic mass is 10.2. The molecule has 0 atom stereocenters. The lowest BCUT2D eigenvalue weighted by Crippen LogP contribution is -2.11. The molecule has 0 heterocycles. The average Bonchev–Trinajstić information content (AvgIpc) is 2.46. The molecule has 2 aromatic carbocycles. The normalized spacial score (nSPS) is 10.1. The molecule has 0 aliphatic carbocycles. The number of carbonyl (C=O) groups is 1. The van der Waals surface area contributed by atoms with Crippen LogP contribution in [0.4, 0.5) is 0 Å². The van der Waals surface area contributed by atoms with Gasteiger partial charge in [-0.3, -0.25) is 0 Å². The van der Waals surface area contributed by atoms with Gasteiger partial charge in [-0.1, -0.05) is 12.1 Å². The van der Waals surface area contributed by atoms with E-state index < -0.39 is 5.97 Å². The smallest absolute Gasteiger partial charge is 0.339 e. The van der Waals surface area contributed by atoms with Crippen molar-refractivity contribution in [2.75, 3.05) is 13.2 Å². The van der Waals surface area contributed by atoms with Gasteiger partial charge in [-0.15, -0.1) is 0 Å². The van der Waals surface area contributed by atoms with Crippen molar-refractivity contribution in [1.29, 1.82) is 0 Å². The van der Waals surface area contributed by atoms with Crippen molar-refractivity contribution in [2.24, 2.45) is 0 Å². The van der Waals surface area contributed by atoms with Gasteiger partial charge in [0.05, 0.1) is 0 Å². The van der Waals surface area contributed by atoms with E-state index in [0.717, 1.165) is 9.32 Å². The first-order chi connectivity index (χ1) is 9.66. The number of halogens is 1. The minimum atomic E-state index is -1.00. The monoisotopic (exact) mass is 384 g/mol. The molecule has 0 fully saturated rings. The molecule has 104 valence electrons. The summed E-state index contributed by atoms with van der Waals surface area (Å²) in [5.74, 6) is 0.117. The third-order valence-electron chi connectivity index (χ3n) is 2.54. The van der Waals surface area contributed by atoms with Crippen LogP contribution in [0.25, 0.3) is 0 Å². The Hall–Kier alpha value is -1.76. The van der Waals surface area contributed by atoms with Crippen LogP contribution in [0.1, 0.15) is 10.4 Å². The number of carboxylic acid groups (broad SMARTS) is 1. The van der Waals surface area contributed by atoms with Crippen LogP contribution in [-0.4, -0.2) is 24.3 Å². The number of hydrogen-bond donors (Lipinski definition) is 1. The Morgan fingerprint density at radius 2 is 1.65 bits per heavy atom. The van der Waals surface area contributed by atoms with Gasteiger partial charge in [0.25, 0.3) is 0 Å². The van der Waals surface area contributed by atoms with Crippen molar-refractivity contribution < 1.29 is 19.4 Å². The summed E-state index contributed by atoms with van der Waals surface area (Å²) in [4.78, 5) is 11.0. The molecule has 0 saturated heterocycles. The van der Waals surface area contributed by atoms with E-state index in [2.05, 4.69) is 22.6 Å². The molecule has 4 nitrogen and oxygen atoms in total. The summed E-state index contributed by atoms with van der Waals surface area (Å²) in [6, 6.07) is 14.2. The molecular formula is C15H13IO4. The van der Waals surface area contributed by atoms with Gasteiger partial charge in [0.15, 0.2) is 0 Å². The molecule has 0 aromatic heterocycles. The Morgan fingerprint density at radius 3 is 2.35 bits per heavy atom. The molecule has 0 bridgehead atoms. The standard InChI is InChI=1S/C15H13IO4/c16-11-5-7-12(8-6-11)19-9-10-20-14-4-2-1-3-13(14)15(17)18/h1-8H,9-10H2,(H,17,18). The molecule has 5 heteroatoms. The molecule has 0 spiro atoms. The number of benzene rings is 2. The fraction of sp³-hybridized carbons (Fsp3) is 0.133. The molecule has 0 radical (unpaired) electrons. The van der Waals surface area contributed by atoms with E-state index in [9.17, 15) is 4.79 Å². The summed E-state index contributed by atoms with van der Waals surface area (Å²) >= 11 is 2.22. The first-order valence-corrected chi connectivity index (χ1v) is 7.08. The molecule has 2 aromatic rings. The van der Waals surface area contributed by atoms with E-state index in [4.69, 9.17) is 14.6 Å². The molecule has 0 unspecified atom stereocenters. The molecular weight excluding hydrogens is 371 g/mol. The number of ether oxygens (including phenoxy) is 2. The van der Waals surface area contributed by atoms with E-state index in [1.165, 1.54) is 6.07 Å². The highest BCUT2D eigenvalue weighted by Crippen LogP contribution is 2.18. The molecule has 0 amide bonds. The Bertz CT molecular complexity index is 581. The van der Waals surface area contributed by atoms with Crippen molar-refractivity contribution in [3.63, 3.8) is 0 Å². The van der Waals surface area contributed by atoms with Gasteiger partial charge in [-0.2, -0.15) is 0 Å². The first kappa shape index (κ1) is 14.6. The van der Waals surface area contributed by atoms with Crippen LogP contribution >= 0.6 is 22.6 Å². The third kappa shape index (κ3) is 4.12. The van der Waals surface area contributed by atoms with Crippen LogP contribution in [0.5, 0.6) is 11.5 Å². The first-order valence-electron chi connectivity index (χ1n) is 6.00. The Balaban J connectivity index is 1.84. The Labute approximate surface area is 130 Å². The van der Waals surface area contributed by atoms with E-state index in [1.54, 1.807) is 18.2 Å². The van der Waals surface area contributed by atoms with Crippen molar-refractivity contribution in [3.05, 3.63) is 57.7 Å². The second-order valence-electron chi connectivity index (χ2n) is 3.95. The fourth-order valence-electron chi connectivity index (χ4n) is 1.61. The zero-order valence-corrected chi connectivity index (χ0v) is 12.7. The van der Waals surface area contributed by atoms with Gasteiger partial charge >= 0.3 is 5.97 Å². The van der Waals surface area contributed by atoms with E-state index >= 15 is 0 Å². The summed E-state index contributed by atoms with van der Waals surface area (Å²) < 4.78 is 12.1. The maximum absolute atomic E-state index is 11.0. The lowest BCUT2D eigenvalue weighted by Gasteiger charge is -2.10. The summed E-state index contributed by atoms with van der Waals surface area (Å²) in [5.41, 5.74) is 0.154. The fourth-order valence-corrected chi connectivity index (χ4v) is 1.97. The van der Waals surface area contributed by atoms with Crippen molar-refractivity contribution in [3.8, 4) is 11.5 Å². The highest BCUT2D eigenvalue weighted by Gasteiger charge is 2.09. The minimum Gasteiger partial charge on any atom is -0.490 e. The Morgan fingerprint density at radius 1 is 1.00 bits per heavy atom. The van der Waals surface area contributed by atoms with Gasteiger partial charge in [0, 0.05) is 3.57 Å². The molecule has 0 aliphatic rings. The third-order valence-corrected chi connectivity index (χ3v) is 3.26. The topological polar surface area (TPSA) is 55.8 Å². The number of hydrogen-bond acceptors (Lipinski definition) is 3. The quantitative estimate of drug-likeness (QED) is 0.613. The van der Waals surface area contributed by atoms with E-state index in [0.29, 0.717) is 12.4 Å². The van der Waals surface area contributed by atoms with Crippen molar-refractivity contribution in [2.45, 2.75) is 0 Å². The van der Waals surface area contributed by atoms with Crippen molar-refractivity contribution >= 4 is 28.6 Å². The summed E-state index contributed by atoms with van der Waals surface area (Å²) in [7, 11) is 0. The number of para-hydroxylation sites is 1. The van der Waals surface area contributed by atoms with Crippen LogP contribution in [-0.2, 0) is 0 Å². The van der Waals surface area contributed by atoms with Gasteiger partial charge in [-0.25, -0.2) is 4.79 Å². The maximum atomic E-state index is 11.0. The number of aromatic carboxylic acids is 1. The Kier molecular flexibility index (Phi) is 5.23. The maximum Gasteiger partial charge on any atom is 0.339 e. The summed E-state index contributed by atoms with van der Waals surface area (Å²) in [6.45, 7) is 0.644. The molecule has 2 rings (SSSR count). The van der Waals surface area contributed by atoms with Gasteiger partial charge < -0.3 is 14.6 Å². The zero-order chi connectivity index (χ0) is 14.4. The van der Waals surface area contributed by atoms with Crippen molar-refractivity contribution in [1.82, 2.24) is 0 Å². The van der Waals surface area contributed by atoms with Crippen LogP contribution < -0.4 is 9.47 Å². The minimum absolute atomic E-state index is 0.154. The van der Waals surface area contributed by atoms with E-state index in [-0.39, 0.29) is 12.2 Å². The SMILES string of the molecule is O=C(O)c1ccccc1OCCOc1ccc(I)cc1. The molecule has 0 saturated carbocycles. The summed E-state index contributed by atoms with van der Waals surface area (Å²) in [5, 5.41) is 9.01. The number of carboxylic acids is 1. The lowest BCUT2D eigenvalue weighted by molar-refractivity contribution is 0.0691. The van der Waals surface area contributed by atoms with Gasteiger partial charge in [0.1, 0.15) is 30.3 Å². The predicted molar refractivity (Wildman–Crippen MR) is 83.6 cm³/mol. The van der Waals surface area contributed by atoms with Crippen LogP contribution in [0.2, 0.25) is 0 Å².